The Balaban J connectivity index is 1.71. The van der Waals surface area contributed by atoms with Gasteiger partial charge in [-0.2, -0.15) is 0 Å². The van der Waals surface area contributed by atoms with Crippen LogP contribution in [0.15, 0.2) is 46.5 Å². The Labute approximate surface area is 138 Å². The first-order chi connectivity index (χ1) is 11.1. The van der Waals surface area contributed by atoms with Crippen molar-refractivity contribution >= 4 is 35.0 Å². The van der Waals surface area contributed by atoms with Crippen LogP contribution in [0.1, 0.15) is 23.2 Å². The fourth-order valence-electron chi connectivity index (χ4n) is 2.56. The second-order valence-corrected chi connectivity index (χ2v) is 6.80. The van der Waals surface area contributed by atoms with E-state index in [4.69, 9.17) is 0 Å². The summed E-state index contributed by atoms with van der Waals surface area (Å²) in [6.45, 7) is 0. The van der Waals surface area contributed by atoms with E-state index in [0.29, 0.717) is 11.3 Å². The molecule has 4 rings (SSSR count). The molecule has 1 fully saturated rings. The molecule has 0 saturated heterocycles. The minimum Gasteiger partial charge on any atom is -0.326 e. The topological polar surface area (TPSA) is 62.3 Å². The summed E-state index contributed by atoms with van der Waals surface area (Å²) < 4.78 is 0. The molecule has 2 aromatic rings. The second-order valence-electron chi connectivity index (χ2n) is 5.77. The highest BCUT2D eigenvalue weighted by atomic mass is 32.2. The van der Waals surface area contributed by atoms with E-state index in [2.05, 4.69) is 10.3 Å². The quantitative estimate of drug-likeness (QED) is 0.921. The van der Waals surface area contributed by atoms with Gasteiger partial charge in [0.1, 0.15) is 5.03 Å². The van der Waals surface area contributed by atoms with Crippen molar-refractivity contribution in [2.75, 3.05) is 17.3 Å². The minimum atomic E-state index is -0.0956. The summed E-state index contributed by atoms with van der Waals surface area (Å²) in [6, 6.07) is 9.17. The molecule has 1 aromatic heterocycles. The Bertz CT molecular complexity index is 817. The Hall–Kier alpha value is -2.34. The molecule has 2 heterocycles. The number of anilines is 2. The molecule has 0 spiro atoms. The smallest absolute Gasteiger partial charge is 0.259 e. The number of carbonyl (C=O) groups excluding carboxylic acids is 2. The molecule has 116 valence electrons. The average Bonchev–Trinajstić information content (AvgIpc) is 3.40. The molecule has 1 saturated carbocycles. The van der Waals surface area contributed by atoms with E-state index in [9.17, 15) is 9.59 Å². The fraction of sp³-hybridized carbons (Fsp3) is 0.235. The molecular weight excluding hydrogens is 310 g/mol. The van der Waals surface area contributed by atoms with Crippen LogP contribution in [-0.2, 0) is 4.79 Å². The third-order valence-electron chi connectivity index (χ3n) is 4.05. The van der Waals surface area contributed by atoms with E-state index in [0.717, 1.165) is 28.5 Å². The third-order valence-corrected chi connectivity index (χ3v) is 5.13. The number of hydrogen-bond donors (Lipinski definition) is 1. The first-order valence-corrected chi connectivity index (χ1v) is 8.31. The molecule has 0 bridgehead atoms. The van der Waals surface area contributed by atoms with Crippen LogP contribution in [0, 0.1) is 5.92 Å². The van der Waals surface area contributed by atoms with Gasteiger partial charge in [-0.3, -0.25) is 9.59 Å². The standard InChI is InChI=1S/C17H15N3O2S/c1-20-13-3-2-8-18-16(13)23-14-7-6-11(9-12(14)17(20)22)19-15(21)10-4-5-10/h2-3,6-10H,4-5H2,1H3,(H,19,21). The molecule has 0 radical (unpaired) electrons. The summed E-state index contributed by atoms with van der Waals surface area (Å²) in [6.07, 6.45) is 3.63. The van der Waals surface area contributed by atoms with E-state index in [-0.39, 0.29) is 17.7 Å². The van der Waals surface area contributed by atoms with Crippen LogP contribution in [0.5, 0.6) is 0 Å². The summed E-state index contributed by atoms with van der Waals surface area (Å²) in [7, 11) is 1.74. The van der Waals surface area contributed by atoms with Crippen molar-refractivity contribution in [2.45, 2.75) is 22.8 Å². The molecule has 1 aliphatic heterocycles. The largest absolute Gasteiger partial charge is 0.326 e. The number of hydrogen-bond acceptors (Lipinski definition) is 4. The zero-order valence-electron chi connectivity index (χ0n) is 12.6. The van der Waals surface area contributed by atoms with E-state index < -0.39 is 0 Å². The first kappa shape index (κ1) is 14.3. The summed E-state index contributed by atoms with van der Waals surface area (Å²) in [5.41, 5.74) is 2.05. The molecule has 1 aromatic carbocycles. The van der Waals surface area contributed by atoms with Gasteiger partial charge in [0.15, 0.2) is 0 Å². The fourth-order valence-corrected chi connectivity index (χ4v) is 3.59. The maximum absolute atomic E-state index is 12.8. The highest BCUT2D eigenvalue weighted by molar-refractivity contribution is 7.99. The van der Waals surface area contributed by atoms with Crippen molar-refractivity contribution in [2.24, 2.45) is 5.92 Å². The summed E-state index contributed by atoms with van der Waals surface area (Å²) in [5, 5.41) is 3.70. The maximum Gasteiger partial charge on any atom is 0.259 e. The van der Waals surface area contributed by atoms with Gasteiger partial charge >= 0.3 is 0 Å². The van der Waals surface area contributed by atoms with Gasteiger partial charge in [-0.15, -0.1) is 0 Å². The van der Waals surface area contributed by atoms with Crippen LogP contribution < -0.4 is 10.2 Å². The first-order valence-electron chi connectivity index (χ1n) is 7.49. The monoisotopic (exact) mass is 325 g/mol. The van der Waals surface area contributed by atoms with Crippen LogP contribution in [-0.4, -0.2) is 23.8 Å². The van der Waals surface area contributed by atoms with Crippen LogP contribution in [0.2, 0.25) is 0 Å². The van der Waals surface area contributed by atoms with Gasteiger partial charge in [0.25, 0.3) is 5.91 Å². The van der Waals surface area contributed by atoms with E-state index >= 15 is 0 Å². The lowest BCUT2D eigenvalue weighted by atomic mass is 10.1. The number of rotatable bonds is 2. The third kappa shape index (κ3) is 2.59. The molecule has 2 aliphatic rings. The van der Waals surface area contributed by atoms with Crippen molar-refractivity contribution in [1.29, 1.82) is 0 Å². The van der Waals surface area contributed by atoms with Crippen molar-refractivity contribution in [3.8, 4) is 0 Å². The summed E-state index contributed by atoms with van der Waals surface area (Å²) >= 11 is 1.47. The maximum atomic E-state index is 12.8. The van der Waals surface area contributed by atoms with E-state index in [1.54, 1.807) is 24.2 Å². The number of nitrogens with zero attached hydrogens (tertiary/aromatic N) is 2. The number of benzene rings is 1. The minimum absolute atomic E-state index is 0.0389. The number of fused-ring (bicyclic) bond motifs is 2. The predicted octanol–water partition coefficient (Wildman–Crippen LogP) is 3.17. The Morgan fingerprint density at radius 3 is 2.96 bits per heavy atom. The average molecular weight is 325 g/mol. The molecular formula is C17H15N3O2S. The van der Waals surface area contributed by atoms with Crippen molar-refractivity contribution in [3.63, 3.8) is 0 Å². The van der Waals surface area contributed by atoms with Gasteiger partial charge in [0.2, 0.25) is 5.91 Å². The molecule has 0 unspecified atom stereocenters. The SMILES string of the molecule is CN1C(=O)c2cc(NC(=O)C3CC3)ccc2Sc2ncccc21. The lowest BCUT2D eigenvalue weighted by Gasteiger charge is -2.16. The second kappa shape index (κ2) is 5.38. The summed E-state index contributed by atoms with van der Waals surface area (Å²) in [5.74, 6) is 0.0776. The van der Waals surface area contributed by atoms with Crippen molar-refractivity contribution in [3.05, 3.63) is 42.1 Å². The van der Waals surface area contributed by atoms with Gasteiger partial charge in [-0.1, -0.05) is 11.8 Å². The van der Waals surface area contributed by atoms with Crippen LogP contribution >= 0.6 is 11.8 Å². The van der Waals surface area contributed by atoms with Gasteiger partial charge in [-0.25, -0.2) is 4.98 Å². The van der Waals surface area contributed by atoms with Crippen LogP contribution in [0.4, 0.5) is 11.4 Å². The van der Waals surface area contributed by atoms with Crippen molar-refractivity contribution in [1.82, 2.24) is 4.98 Å². The lowest BCUT2D eigenvalue weighted by Crippen LogP contribution is -2.26. The van der Waals surface area contributed by atoms with E-state index in [1.807, 2.05) is 24.3 Å². The molecule has 1 N–H and O–H groups in total. The number of aromatic nitrogens is 1. The Morgan fingerprint density at radius 1 is 1.35 bits per heavy atom. The lowest BCUT2D eigenvalue weighted by molar-refractivity contribution is -0.117. The number of carbonyl (C=O) groups is 2. The molecule has 23 heavy (non-hydrogen) atoms. The zero-order valence-corrected chi connectivity index (χ0v) is 13.4. The molecule has 6 heteroatoms. The highest BCUT2D eigenvalue weighted by Crippen LogP contribution is 2.40. The van der Waals surface area contributed by atoms with Crippen LogP contribution in [0.25, 0.3) is 0 Å². The Kier molecular flexibility index (Phi) is 3.34. The number of nitrogens with one attached hydrogen (secondary N) is 1. The summed E-state index contributed by atoms with van der Waals surface area (Å²) in [4.78, 5) is 31.5. The predicted molar refractivity (Wildman–Crippen MR) is 88.9 cm³/mol. The zero-order chi connectivity index (χ0) is 16.0. The molecule has 1 aliphatic carbocycles. The van der Waals surface area contributed by atoms with Gasteiger partial charge in [-0.05, 0) is 43.2 Å². The molecule has 0 atom stereocenters. The van der Waals surface area contributed by atoms with Gasteiger partial charge in [0, 0.05) is 29.7 Å². The normalized spacial score (nSPS) is 16.4. The van der Waals surface area contributed by atoms with Gasteiger partial charge in [0.05, 0.1) is 11.3 Å². The van der Waals surface area contributed by atoms with E-state index in [1.165, 1.54) is 11.8 Å². The van der Waals surface area contributed by atoms with Crippen molar-refractivity contribution < 1.29 is 9.59 Å². The highest BCUT2D eigenvalue weighted by Gasteiger charge is 2.30. The van der Waals surface area contributed by atoms with Crippen LogP contribution in [0.3, 0.4) is 0 Å². The molecule has 5 nitrogen and oxygen atoms in total. The number of amides is 2. The van der Waals surface area contributed by atoms with Gasteiger partial charge < -0.3 is 10.2 Å². The number of pyridine rings is 1. The Morgan fingerprint density at radius 2 is 2.17 bits per heavy atom. The molecule has 2 amide bonds.